The van der Waals surface area contributed by atoms with Crippen LogP contribution in [-0.4, -0.2) is 89.0 Å². The Morgan fingerprint density at radius 1 is 0.860 bits per heavy atom. The van der Waals surface area contributed by atoms with Crippen LogP contribution >= 0.6 is 10.5 Å². The highest BCUT2D eigenvalue weighted by atomic mass is 32.2. The zero-order chi connectivity index (χ0) is 30.8. The highest BCUT2D eigenvalue weighted by Gasteiger charge is 2.70. The smallest absolute Gasteiger partial charge is 0.394 e. The number of rotatable bonds is 6. The first-order valence-electron chi connectivity index (χ1n) is 17.7. The molecule has 1 amide bonds. The predicted octanol–water partition coefficient (Wildman–Crippen LogP) is 6.11. The van der Waals surface area contributed by atoms with Crippen LogP contribution < -0.4 is 5.32 Å². The lowest BCUT2D eigenvalue weighted by Gasteiger charge is -2.73. The zero-order valence-electron chi connectivity index (χ0n) is 28.0. The number of carboxylic acid groups (broad SMARTS) is 1. The van der Waals surface area contributed by atoms with Gasteiger partial charge in [-0.1, -0.05) is 33.1 Å². The molecule has 6 unspecified atom stereocenters. The Balaban J connectivity index is 1.14. The van der Waals surface area contributed by atoms with Crippen molar-refractivity contribution in [2.24, 2.45) is 45.3 Å². The van der Waals surface area contributed by atoms with Gasteiger partial charge in [0.25, 0.3) is 0 Å². The van der Waals surface area contributed by atoms with Crippen molar-refractivity contribution in [2.45, 2.75) is 111 Å². The molecule has 6 fully saturated rings. The Kier molecular flexibility index (Phi) is 8.49. The molecule has 0 aromatic carbocycles. The minimum absolute atomic E-state index is 0.148. The van der Waals surface area contributed by atoms with E-state index < -0.39 is 17.4 Å². The highest BCUT2D eigenvalue weighted by Crippen LogP contribution is 2.76. The largest absolute Gasteiger partial charge is 0.474 e. The van der Waals surface area contributed by atoms with Crippen molar-refractivity contribution >= 4 is 28.2 Å². The van der Waals surface area contributed by atoms with E-state index in [1.54, 1.807) is 4.90 Å². The summed E-state index contributed by atoms with van der Waals surface area (Å²) in [6.45, 7) is 18.9. The van der Waals surface area contributed by atoms with Crippen LogP contribution in [-0.2, 0) is 9.59 Å². The number of amides is 1. The molecule has 6 aliphatic rings. The van der Waals surface area contributed by atoms with E-state index in [4.69, 9.17) is 0 Å². The lowest BCUT2D eigenvalue weighted by atomic mass is 9.33. The van der Waals surface area contributed by atoms with Crippen molar-refractivity contribution < 1.29 is 14.7 Å². The van der Waals surface area contributed by atoms with Crippen LogP contribution in [0.2, 0.25) is 0 Å². The first kappa shape index (κ1) is 32.0. The Morgan fingerprint density at radius 2 is 1.60 bits per heavy atom. The normalized spacial score (nSPS) is 44.6. The maximum absolute atomic E-state index is 12.7. The Bertz CT molecular complexity index is 1120. The van der Waals surface area contributed by atoms with Gasteiger partial charge in [0.15, 0.2) is 0 Å². The molecule has 4 aliphatic carbocycles. The summed E-state index contributed by atoms with van der Waals surface area (Å²) in [4.78, 5) is 28.8. The van der Waals surface area contributed by atoms with Crippen LogP contribution in [0.5, 0.6) is 0 Å². The summed E-state index contributed by atoms with van der Waals surface area (Å²) in [5, 5.41) is 13.6. The van der Waals surface area contributed by atoms with E-state index in [-0.39, 0.29) is 5.41 Å². The van der Waals surface area contributed by atoms with Crippen molar-refractivity contribution in [2.75, 3.05) is 50.8 Å². The van der Waals surface area contributed by atoms with Gasteiger partial charge in [0.05, 0.1) is 0 Å². The molecular weight excluding hydrogens is 554 g/mol. The quantitative estimate of drug-likeness (QED) is 0.214. The van der Waals surface area contributed by atoms with Gasteiger partial charge >= 0.3 is 11.9 Å². The van der Waals surface area contributed by atoms with Crippen LogP contribution in [0.25, 0.3) is 0 Å². The van der Waals surface area contributed by atoms with Gasteiger partial charge in [-0.15, -0.1) is 0 Å². The second kappa shape index (κ2) is 11.4. The van der Waals surface area contributed by atoms with E-state index in [2.05, 4.69) is 50.7 Å². The number of aliphatic carboxylic acids is 1. The number of fused-ring (bicyclic) bond motifs is 7. The van der Waals surface area contributed by atoms with Crippen molar-refractivity contribution in [3.8, 4) is 0 Å². The molecule has 6 nitrogen and oxygen atoms in total. The van der Waals surface area contributed by atoms with Gasteiger partial charge in [-0.2, -0.15) is 10.5 Å². The third kappa shape index (κ3) is 4.99. The second-order valence-electron chi connectivity index (χ2n) is 17.1. The third-order valence-electron chi connectivity index (χ3n) is 15.4. The van der Waals surface area contributed by atoms with E-state index in [1.807, 2.05) is 0 Å². The summed E-state index contributed by atoms with van der Waals surface area (Å²) in [5.74, 6) is 7.50. The van der Waals surface area contributed by atoms with Gasteiger partial charge in [0.1, 0.15) is 0 Å². The van der Waals surface area contributed by atoms with Crippen LogP contribution in [0.15, 0.2) is 0 Å². The number of nitrogens with one attached hydrogen (secondary N) is 1. The van der Waals surface area contributed by atoms with Crippen molar-refractivity contribution in [1.82, 2.24) is 15.1 Å². The third-order valence-corrected chi connectivity index (χ3v) is 16.9. The highest BCUT2D eigenvalue weighted by molar-refractivity contribution is 8.14. The fourth-order valence-corrected chi connectivity index (χ4v) is 14.1. The molecule has 43 heavy (non-hydrogen) atoms. The van der Waals surface area contributed by atoms with Gasteiger partial charge in [0, 0.05) is 43.2 Å². The number of carbonyl (C=O) groups is 2. The summed E-state index contributed by atoms with van der Waals surface area (Å²) in [6.07, 6.45) is 14.1. The fraction of sp³-hybridized carbons (Fsp3) is 0.917. The Hall–Kier alpha value is -0.920. The lowest BCUT2D eigenvalue weighted by Crippen LogP contribution is -2.70. The fourth-order valence-electron chi connectivity index (χ4n) is 12.9. The summed E-state index contributed by atoms with van der Waals surface area (Å²) in [5.41, 5.74) is 0.882. The number of piperidine rings is 1. The van der Waals surface area contributed by atoms with Crippen LogP contribution in [0.3, 0.4) is 0 Å². The van der Waals surface area contributed by atoms with Crippen molar-refractivity contribution in [3.05, 3.63) is 0 Å². The molecule has 0 aromatic heterocycles. The van der Waals surface area contributed by atoms with Crippen LogP contribution in [0, 0.1) is 45.3 Å². The molecule has 244 valence electrons. The molecule has 0 bridgehead atoms. The summed E-state index contributed by atoms with van der Waals surface area (Å²) < 4.78 is 0. The molecule has 7 heteroatoms. The Labute approximate surface area is 264 Å². The first-order chi connectivity index (χ1) is 20.3. The predicted molar refractivity (Wildman–Crippen MR) is 179 cm³/mol. The molecule has 2 saturated heterocycles. The molecule has 2 N–H and O–H groups in total. The number of nitrogens with zero attached hydrogens (tertiary/aromatic N) is 2. The van der Waals surface area contributed by atoms with Gasteiger partial charge < -0.3 is 20.2 Å². The van der Waals surface area contributed by atoms with Crippen molar-refractivity contribution in [3.63, 3.8) is 0 Å². The zero-order valence-corrected chi connectivity index (χ0v) is 28.8. The van der Waals surface area contributed by atoms with E-state index in [0.29, 0.717) is 45.1 Å². The number of likely N-dealkylation sites (tertiary alicyclic amines) is 1. The molecule has 6 rings (SSSR count). The number of carbonyl (C=O) groups excluding carboxylic acids is 1. The monoisotopic (exact) mass is 615 g/mol. The minimum atomic E-state index is -1.31. The summed E-state index contributed by atoms with van der Waals surface area (Å²) >= 11 is 0. The average Bonchev–Trinajstić information content (AvgIpc) is 3.38. The summed E-state index contributed by atoms with van der Waals surface area (Å²) in [7, 11) is 0.406. The van der Waals surface area contributed by atoms with Gasteiger partial charge in [-0.3, -0.25) is 4.79 Å². The number of carboxylic acids is 1. The maximum atomic E-state index is 12.7. The second-order valence-corrected chi connectivity index (χ2v) is 19.1. The average molecular weight is 616 g/mol. The van der Waals surface area contributed by atoms with Crippen LogP contribution in [0.4, 0.5) is 0 Å². The van der Waals surface area contributed by atoms with Gasteiger partial charge in [0.2, 0.25) is 0 Å². The molecular formula is C36H61N3O3S. The van der Waals surface area contributed by atoms with Gasteiger partial charge in [-0.25, -0.2) is 4.79 Å². The van der Waals surface area contributed by atoms with Gasteiger partial charge in [-0.05, 0) is 136 Å². The van der Waals surface area contributed by atoms with E-state index in [0.717, 1.165) is 31.2 Å². The minimum Gasteiger partial charge on any atom is -0.474 e. The molecule has 2 aliphatic heterocycles. The van der Waals surface area contributed by atoms with E-state index in [9.17, 15) is 14.7 Å². The SMILES string of the molecule is C=S1CCN(CCCNCC23CCC[C@@H]2C2CCC4C5(C)CCN(C(=O)C(=O)O)C(C)(C)C5CCC4(C)[C@]2(C)CC3)CC1. The molecule has 8 atom stereocenters. The topological polar surface area (TPSA) is 72.9 Å². The van der Waals surface area contributed by atoms with Crippen molar-refractivity contribution in [1.29, 1.82) is 0 Å². The number of hydrogen-bond donors (Lipinski definition) is 2. The number of hydrogen-bond acceptors (Lipinski definition) is 4. The molecule has 4 saturated carbocycles. The molecule has 0 radical (unpaired) electrons. The van der Waals surface area contributed by atoms with E-state index >= 15 is 0 Å². The maximum Gasteiger partial charge on any atom is 0.394 e. The molecule has 0 aromatic rings. The summed E-state index contributed by atoms with van der Waals surface area (Å²) in [6, 6.07) is 0. The van der Waals surface area contributed by atoms with Crippen LogP contribution in [0.1, 0.15) is 105 Å². The standard InChI is InChI=1S/C36H61N3O3S/c1-32(2)28-12-14-35(5)29(33(28,3)17-20-39(32)30(40)31(41)42)11-10-26-27-9-7-13-36(27,16-15-34(26,35)4)25-37-18-8-19-38-21-23-43(6)24-22-38/h26-29,37H,6-25H2,1-5H3,(H,41,42)/t26?,27-,28?,29?,33?,34-,35?,36?/m1/s1. The lowest BCUT2D eigenvalue weighted by molar-refractivity contribution is -0.239. The first-order valence-corrected chi connectivity index (χ1v) is 19.5. The Morgan fingerprint density at radius 3 is 2.33 bits per heavy atom. The van der Waals surface area contributed by atoms with E-state index in [1.165, 1.54) is 95.5 Å². The molecule has 0 spiro atoms. The molecule has 2 heterocycles.